The van der Waals surface area contributed by atoms with Gasteiger partial charge >= 0.3 is 35.5 Å². The van der Waals surface area contributed by atoms with E-state index in [0.717, 1.165) is 10.2 Å². The van der Waals surface area contributed by atoms with Crippen LogP contribution in [-0.2, 0) is 14.6 Å². The van der Waals surface area contributed by atoms with Crippen molar-refractivity contribution in [2.75, 3.05) is 0 Å². The molecular formula is CCoNS+. The van der Waals surface area contributed by atoms with Crippen LogP contribution in [0.3, 0.4) is 0 Å². The third-order valence-corrected chi connectivity index (χ3v) is 0.376. The summed E-state index contributed by atoms with van der Waals surface area (Å²) in [4.78, 5) is 0. The molecule has 0 spiro atoms. The first-order valence-corrected chi connectivity index (χ1v) is 2.52. The number of thiocyanates is 1. The molecule has 0 unspecified atom stereocenters. The monoisotopic (exact) mass is 117 g/mol. The Balaban J connectivity index is 2.43. The Bertz CT molecular complexity index is 37.8. The minimum absolute atomic E-state index is 0.850. The van der Waals surface area contributed by atoms with Crippen molar-refractivity contribution in [3.8, 4) is 5.40 Å². The molecule has 0 bridgehead atoms. The molecule has 0 saturated heterocycles. The number of hydrogen-bond donors (Lipinski definition) is 0. The van der Waals surface area contributed by atoms with Gasteiger partial charge in [-0.2, -0.15) is 0 Å². The predicted octanol–water partition coefficient (Wildman–Crippen LogP) is 0.662. The minimum atomic E-state index is 0.850. The van der Waals surface area contributed by atoms with Crippen molar-refractivity contribution >= 4 is 10.2 Å². The summed E-state index contributed by atoms with van der Waals surface area (Å²) in [6, 6.07) is 0. The summed E-state index contributed by atoms with van der Waals surface area (Å²) in [6.45, 7) is 0. The van der Waals surface area contributed by atoms with Crippen molar-refractivity contribution in [2.45, 2.75) is 0 Å². The van der Waals surface area contributed by atoms with Crippen molar-refractivity contribution in [3.63, 3.8) is 0 Å². The number of rotatable bonds is 0. The van der Waals surface area contributed by atoms with Crippen LogP contribution in [-0.4, -0.2) is 0 Å². The van der Waals surface area contributed by atoms with Crippen molar-refractivity contribution < 1.29 is 14.6 Å². The van der Waals surface area contributed by atoms with E-state index < -0.39 is 0 Å². The van der Waals surface area contributed by atoms with Crippen molar-refractivity contribution in [3.05, 3.63) is 0 Å². The standard InChI is InChI=1S/CHNS.Co/c2-1-3;/h3H;/q;+2/p-1. The Kier molecular flexibility index (Phi) is 3.64. The molecule has 23 valence electrons. The van der Waals surface area contributed by atoms with E-state index >= 15 is 0 Å². The summed E-state index contributed by atoms with van der Waals surface area (Å²) in [5.74, 6) is 0. The SMILES string of the molecule is N#C[S][Co+]. The van der Waals surface area contributed by atoms with Crippen LogP contribution in [0.15, 0.2) is 0 Å². The molecule has 0 amide bonds. The summed E-state index contributed by atoms with van der Waals surface area (Å²) in [6.07, 6.45) is 0. The molecule has 0 aromatic heterocycles. The molecule has 0 rings (SSSR count). The summed E-state index contributed by atoms with van der Waals surface area (Å²) >= 11 is 3.52. The zero-order valence-corrected chi connectivity index (χ0v) is 3.55. The zero-order chi connectivity index (χ0) is 3.41. The van der Waals surface area contributed by atoms with E-state index in [1.165, 1.54) is 0 Å². The van der Waals surface area contributed by atoms with Crippen molar-refractivity contribution in [1.82, 2.24) is 0 Å². The third kappa shape index (κ3) is 2.35. The Labute approximate surface area is 36.1 Å². The molecule has 0 aliphatic rings. The van der Waals surface area contributed by atoms with E-state index in [2.05, 4.69) is 14.6 Å². The summed E-state index contributed by atoms with van der Waals surface area (Å²) in [7, 11) is 0.850. The van der Waals surface area contributed by atoms with Crippen LogP contribution in [0.1, 0.15) is 0 Å². The molecule has 0 saturated carbocycles. The second kappa shape index (κ2) is 3.35. The van der Waals surface area contributed by atoms with Crippen LogP contribution in [0.5, 0.6) is 0 Å². The molecule has 0 aromatic carbocycles. The van der Waals surface area contributed by atoms with Gasteiger partial charge in [0.25, 0.3) is 0 Å². The first-order chi connectivity index (χ1) is 1.91. The van der Waals surface area contributed by atoms with Gasteiger partial charge in [0.1, 0.15) is 0 Å². The molecule has 1 nitrogen and oxygen atoms in total. The second-order valence-electron chi connectivity index (χ2n) is 0.159. The predicted molar refractivity (Wildman–Crippen MR) is 13.2 cm³/mol. The van der Waals surface area contributed by atoms with Gasteiger partial charge in [0.2, 0.25) is 0 Å². The maximum absolute atomic E-state index is 7.51. The Hall–Kier alpha value is 0.346. The van der Waals surface area contributed by atoms with E-state index in [-0.39, 0.29) is 0 Å². The van der Waals surface area contributed by atoms with Crippen LogP contribution in [0.2, 0.25) is 0 Å². The summed E-state index contributed by atoms with van der Waals surface area (Å²) in [5.41, 5.74) is 0. The molecule has 0 N–H and O–H groups in total. The fraction of sp³-hybridized carbons (Fsp3) is 0. The van der Waals surface area contributed by atoms with Gasteiger partial charge in [-0.15, -0.1) is 0 Å². The van der Waals surface area contributed by atoms with Crippen LogP contribution in [0.25, 0.3) is 0 Å². The van der Waals surface area contributed by atoms with E-state index in [4.69, 9.17) is 5.26 Å². The topological polar surface area (TPSA) is 23.8 Å². The first kappa shape index (κ1) is 4.35. The molecular weight excluding hydrogens is 117 g/mol. The molecule has 4 heavy (non-hydrogen) atoms. The zero-order valence-electron chi connectivity index (χ0n) is 1.69. The van der Waals surface area contributed by atoms with Gasteiger partial charge in [-0.3, -0.25) is 0 Å². The molecule has 0 aromatic rings. The molecule has 0 atom stereocenters. The van der Waals surface area contributed by atoms with E-state index in [9.17, 15) is 0 Å². The second-order valence-corrected chi connectivity index (χ2v) is 1.12. The summed E-state index contributed by atoms with van der Waals surface area (Å²) in [5, 5.41) is 9.22. The molecule has 0 aliphatic heterocycles. The average Bonchev–Trinajstić information content (AvgIpc) is 1.37. The van der Waals surface area contributed by atoms with Crippen LogP contribution in [0, 0.1) is 10.7 Å². The van der Waals surface area contributed by atoms with Gasteiger partial charge in [0, 0.05) is 0 Å². The Morgan fingerprint density at radius 3 is 2.25 bits per heavy atom. The number of nitriles is 1. The molecule has 0 heterocycles. The quantitative estimate of drug-likeness (QED) is 0.435. The fourth-order valence-electron chi connectivity index (χ4n) is 0. The third-order valence-electron chi connectivity index (χ3n) is 0.0304. The Morgan fingerprint density at radius 2 is 2.25 bits per heavy atom. The maximum atomic E-state index is 7.51. The van der Waals surface area contributed by atoms with Gasteiger partial charge in [0.15, 0.2) is 0 Å². The van der Waals surface area contributed by atoms with Gasteiger partial charge in [-0.25, -0.2) is 0 Å². The van der Waals surface area contributed by atoms with Gasteiger partial charge < -0.3 is 0 Å². The molecule has 3 heteroatoms. The number of hydrogen-bond acceptors (Lipinski definition) is 2. The molecule has 0 radical (unpaired) electrons. The van der Waals surface area contributed by atoms with Crippen LogP contribution in [0.4, 0.5) is 0 Å². The first-order valence-electron chi connectivity index (χ1n) is 0.564. The van der Waals surface area contributed by atoms with Gasteiger partial charge in [0.05, 0.1) is 0 Å². The van der Waals surface area contributed by atoms with E-state index in [0.29, 0.717) is 0 Å². The van der Waals surface area contributed by atoms with Crippen molar-refractivity contribution in [1.29, 1.82) is 5.26 Å². The fourth-order valence-corrected chi connectivity index (χ4v) is 0. The van der Waals surface area contributed by atoms with Crippen LogP contribution >= 0.6 is 10.2 Å². The van der Waals surface area contributed by atoms with Gasteiger partial charge in [-0.05, 0) is 0 Å². The van der Waals surface area contributed by atoms with Crippen molar-refractivity contribution in [2.24, 2.45) is 0 Å². The van der Waals surface area contributed by atoms with E-state index in [1.54, 1.807) is 5.40 Å². The summed E-state index contributed by atoms with van der Waals surface area (Å²) < 4.78 is 0. The molecule has 0 fully saturated rings. The van der Waals surface area contributed by atoms with E-state index in [1.807, 2.05) is 0 Å². The van der Waals surface area contributed by atoms with Gasteiger partial charge in [-0.1, -0.05) is 0 Å². The molecule has 0 aliphatic carbocycles. The average molecular weight is 117 g/mol. The Morgan fingerprint density at radius 1 is 2.00 bits per heavy atom. The normalized spacial score (nSPS) is 5.00. The van der Waals surface area contributed by atoms with Crippen LogP contribution < -0.4 is 0 Å². The number of nitrogens with zero attached hydrogens (tertiary/aromatic N) is 1.